The van der Waals surface area contributed by atoms with Crippen molar-refractivity contribution in [2.75, 3.05) is 11.1 Å². The number of nitrogens with zero attached hydrogens (tertiary/aromatic N) is 2. The van der Waals surface area contributed by atoms with Crippen LogP contribution in [0.2, 0.25) is 0 Å². The molecular weight excluding hydrogens is 296 g/mol. The van der Waals surface area contributed by atoms with Crippen molar-refractivity contribution in [1.82, 2.24) is 15.2 Å². The van der Waals surface area contributed by atoms with Crippen LogP contribution in [-0.2, 0) is 16.6 Å². The van der Waals surface area contributed by atoms with Crippen LogP contribution in [0.4, 0.5) is 5.69 Å². The number of benzene rings is 1. The van der Waals surface area contributed by atoms with Crippen molar-refractivity contribution < 1.29 is 4.79 Å². The van der Waals surface area contributed by atoms with E-state index in [0.29, 0.717) is 10.9 Å². The van der Waals surface area contributed by atoms with Crippen molar-refractivity contribution in [3.8, 4) is 0 Å². The average Bonchev–Trinajstić information content (AvgIpc) is 2.92. The smallest absolute Gasteiger partial charge is 0.234 e. The van der Waals surface area contributed by atoms with Gasteiger partial charge in [0.25, 0.3) is 0 Å². The van der Waals surface area contributed by atoms with Gasteiger partial charge >= 0.3 is 0 Å². The Hall–Kier alpha value is -1.82. The summed E-state index contributed by atoms with van der Waals surface area (Å²) >= 11 is 1.33. The molecule has 0 bridgehead atoms. The molecule has 0 saturated carbocycles. The molecule has 0 aliphatic carbocycles. The topological polar surface area (TPSA) is 70.7 Å². The number of carbonyl (C=O) groups excluding carboxylic acids is 1. The summed E-state index contributed by atoms with van der Waals surface area (Å²) in [6, 6.07) is 7.91. The van der Waals surface area contributed by atoms with Crippen molar-refractivity contribution in [1.29, 1.82) is 0 Å². The van der Waals surface area contributed by atoms with Crippen LogP contribution in [0.3, 0.4) is 0 Å². The van der Waals surface area contributed by atoms with Gasteiger partial charge in [0.15, 0.2) is 0 Å². The third-order valence-corrected chi connectivity index (χ3v) is 4.03. The minimum atomic E-state index is -0.0513. The number of carbonyl (C=O) groups is 1. The summed E-state index contributed by atoms with van der Waals surface area (Å²) in [5.74, 6) is 1.07. The zero-order valence-electron chi connectivity index (χ0n) is 13.4. The summed E-state index contributed by atoms with van der Waals surface area (Å²) < 4.78 is 0. The van der Waals surface area contributed by atoms with E-state index in [-0.39, 0.29) is 11.3 Å². The van der Waals surface area contributed by atoms with Gasteiger partial charge in [0.1, 0.15) is 5.82 Å². The number of nitrogens with one attached hydrogen (secondary N) is 2. The molecule has 22 heavy (non-hydrogen) atoms. The minimum absolute atomic E-state index is 0.0171. The summed E-state index contributed by atoms with van der Waals surface area (Å²) in [6.45, 7) is 8.40. The Kier molecular flexibility index (Phi) is 5.24. The molecule has 0 radical (unpaired) electrons. The maximum absolute atomic E-state index is 12.1. The second-order valence-electron chi connectivity index (χ2n) is 6.05. The normalized spacial score (nSPS) is 11.5. The van der Waals surface area contributed by atoms with E-state index in [0.717, 1.165) is 23.5 Å². The predicted molar refractivity (Wildman–Crippen MR) is 90.3 cm³/mol. The average molecular weight is 318 g/mol. The van der Waals surface area contributed by atoms with E-state index in [9.17, 15) is 4.79 Å². The van der Waals surface area contributed by atoms with Gasteiger partial charge in [-0.2, -0.15) is 0 Å². The first-order valence-corrected chi connectivity index (χ1v) is 8.32. The van der Waals surface area contributed by atoms with Crippen molar-refractivity contribution in [3.05, 3.63) is 35.7 Å². The van der Waals surface area contributed by atoms with E-state index >= 15 is 0 Å². The third-order valence-electron chi connectivity index (χ3n) is 3.19. The van der Waals surface area contributed by atoms with E-state index in [1.54, 1.807) is 0 Å². The first-order chi connectivity index (χ1) is 10.4. The Morgan fingerprint density at radius 3 is 2.68 bits per heavy atom. The number of thioether (sulfide) groups is 1. The zero-order valence-corrected chi connectivity index (χ0v) is 14.3. The van der Waals surface area contributed by atoms with Gasteiger partial charge in [0, 0.05) is 12.1 Å². The number of hydrogen-bond acceptors (Lipinski definition) is 4. The Bertz CT molecular complexity index is 646. The summed E-state index contributed by atoms with van der Waals surface area (Å²) in [5, 5.41) is 10.5. The molecule has 1 aromatic heterocycles. The SMILES string of the molecule is CCc1nc(SCC(=O)Nc2ccccc2C(C)(C)C)n[nH]1. The lowest BCUT2D eigenvalue weighted by molar-refractivity contribution is -0.113. The van der Waals surface area contributed by atoms with E-state index in [1.807, 2.05) is 31.2 Å². The maximum atomic E-state index is 12.1. The lowest BCUT2D eigenvalue weighted by atomic mass is 9.86. The fraction of sp³-hybridized carbons (Fsp3) is 0.438. The second kappa shape index (κ2) is 6.96. The molecule has 0 fully saturated rings. The molecule has 0 saturated heterocycles. The molecule has 2 rings (SSSR count). The van der Waals surface area contributed by atoms with Crippen LogP contribution in [0.5, 0.6) is 0 Å². The summed E-state index contributed by atoms with van der Waals surface area (Å²) in [4.78, 5) is 16.4. The first kappa shape index (κ1) is 16.5. The minimum Gasteiger partial charge on any atom is -0.325 e. The van der Waals surface area contributed by atoms with Crippen LogP contribution >= 0.6 is 11.8 Å². The van der Waals surface area contributed by atoms with Crippen molar-refractivity contribution in [2.24, 2.45) is 0 Å². The standard InChI is InChI=1S/C16H22N4OS/c1-5-13-18-15(20-19-13)22-10-14(21)17-12-9-7-6-8-11(12)16(2,3)4/h6-9H,5,10H2,1-4H3,(H,17,21)(H,18,19,20). The van der Waals surface area contributed by atoms with Crippen LogP contribution < -0.4 is 5.32 Å². The van der Waals surface area contributed by atoms with Crippen molar-refractivity contribution >= 4 is 23.4 Å². The summed E-state index contributed by atoms with van der Waals surface area (Å²) in [6.07, 6.45) is 0.804. The molecule has 0 unspecified atom stereocenters. The maximum Gasteiger partial charge on any atom is 0.234 e. The Labute approximate surface area is 135 Å². The number of para-hydroxylation sites is 1. The molecule has 118 valence electrons. The van der Waals surface area contributed by atoms with Gasteiger partial charge in [0.05, 0.1) is 5.75 Å². The van der Waals surface area contributed by atoms with Crippen LogP contribution in [-0.4, -0.2) is 26.8 Å². The van der Waals surface area contributed by atoms with Crippen LogP contribution in [0.1, 0.15) is 39.1 Å². The van der Waals surface area contributed by atoms with E-state index < -0.39 is 0 Å². The Morgan fingerprint density at radius 1 is 1.32 bits per heavy atom. The third kappa shape index (κ3) is 4.34. The number of H-pyrrole nitrogens is 1. The molecule has 6 heteroatoms. The number of hydrogen-bond donors (Lipinski definition) is 2. The monoisotopic (exact) mass is 318 g/mol. The fourth-order valence-corrected chi connectivity index (χ4v) is 2.68. The highest BCUT2D eigenvalue weighted by molar-refractivity contribution is 7.99. The van der Waals surface area contributed by atoms with Gasteiger partial charge in [-0.1, -0.05) is 57.7 Å². The number of aryl methyl sites for hydroxylation is 1. The van der Waals surface area contributed by atoms with Gasteiger partial charge in [-0.3, -0.25) is 9.89 Å². The Balaban J connectivity index is 1.98. The van der Waals surface area contributed by atoms with Crippen LogP contribution in [0, 0.1) is 0 Å². The van der Waals surface area contributed by atoms with Gasteiger partial charge in [0.2, 0.25) is 11.1 Å². The molecule has 2 aromatic rings. The van der Waals surface area contributed by atoms with Crippen LogP contribution in [0.25, 0.3) is 0 Å². The van der Waals surface area contributed by atoms with Crippen molar-refractivity contribution in [2.45, 2.75) is 44.7 Å². The lowest BCUT2D eigenvalue weighted by Crippen LogP contribution is -2.19. The molecule has 1 heterocycles. The molecule has 1 amide bonds. The fourth-order valence-electron chi connectivity index (χ4n) is 2.06. The summed E-state index contributed by atoms with van der Waals surface area (Å²) in [5.41, 5.74) is 1.97. The largest absolute Gasteiger partial charge is 0.325 e. The quantitative estimate of drug-likeness (QED) is 0.829. The number of aromatic amines is 1. The molecular formula is C16H22N4OS. The Morgan fingerprint density at radius 2 is 2.05 bits per heavy atom. The molecule has 0 spiro atoms. The number of aromatic nitrogens is 3. The molecule has 5 nitrogen and oxygen atoms in total. The number of anilines is 1. The van der Waals surface area contributed by atoms with Gasteiger partial charge < -0.3 is 5.32 Å². The van der Waals surface area contributed by atoms with E-state index in [1.165, 1.54) is 11.8 Å². The van der Waals surface area contributed by atoms with Crippen LogP contribution in [0.15, 0.2) is 29.4 Å². The molecule has 2 N–H and O–H groups in total. The van der Waals surface area contributed by atoms with Gasteiger partial charge in [-0.05, 0) is 17.0 Å². The van der Waals surface area contributed by atoms with E-state index in [4.69, 9.17) is 0 Å². The summed E-state index contributed by atoms with van der Waals surface area (Å²) in [7, 11) is 0. The highest BCUT2D eigenvalue weighted by Gasteiger charge is 2.18. The van der Waals surface area contributed by atoms with Gasteiger partial charge in [-0.15, -0.1) is 5.10 Å². The molecule has 0 aliphatic heterocycles. The zero-order chi connectivity index (χ0) is 16.2. The second-order valence-corrected chi connectivity index (χ2v) is 6.99. The van der Waals surface area contributed by atoms with E-state index in [2.05, 4.69) is 41.3 Å². The highest BCUT2D eigenvalue weighted by Crippen LogP contribution is 2.29. The lowest BCUT2D eigenvalue weighted by Gasteiger charge is -2.22. The predicted octanol–water partition coefficient (Wildman–Crippen LogP) is 3.40. The first-order valence-electron chi connectivity index (χ1n) is 7.33. The molecule has 1 aromatic carbocycles. The highest BCUT2D eigenvalue weighted by atomic mass is 32.2. The van der Waals surface area contributed by atoms with Crippen molar-refractivity contribution in [3.63, 3.8) is 0 Å². The number of amides is 1. The molecule has 0 aliphatic rings. The van der Waals surface area contributed by atoms with Gasteiger partial charge in [-0.25, -0.2) is 4.98 Å². The molecule has 0 atom stereocenters. The number of rotatable bonds is 5.